The molecule has 0 radical (unpaired) electrons. The fourth-order valence-corrected chi connectivity index (χ4v) is 4.15. The van der Waals surface area contributed by atoms with E-state index in [1.807, 2.05) is 30.3 Å². The molecule has 0 aliphatic carbocycles. The molecule has 1 atom stereocenters. The fraction of sp³-hybridized carbons (Fsp3) is 0.519. The third kappa shape index (κ3) is 6.79. The number of rotatable bonds is 14. The standard InChI is InChI=1S/C27H38N2O4/c1-20(2)27(19-28,22-16-23(30-3)18-24(17-22)31-4)12-8-14-29-13-7-9-21-10-11-25(32-5)26(15-21)33-6/h10-11,15-18,20,29H,7-9,12-14H2,1-6H3/t27-/m0/s1. The molecule has 0 fully saturated rings. The maximum absolute atomic E-state index is 10.2. The number of nitrogens with one attached hydrogen (secondary N) is 1. The number of nitrogens with zero attached hydrogens (tertiary/aromatic N) is 1. The molecule has 0 saturated carbocycles. The molecule has 180 valence electrons. The second-order valence-corrected chi connectivity index (χ2v) is 8.49. The Labute approximate surface area is 198 Å². The highest BCUT2D eigenvalue weighted by atomic mass is 16.5. The van der Waals surface area contributed by atoms with Gasteiger partial charge in [0.05, 0.1) is 39.9 Å². The molecule has 33 heavy (non-hydrogen) atoms. The normalized spacial score (nSPS) is 12.7. The van der Waals surface area contributed by atoms with Crippen molar-refractivity contribution >= 4 is 0 Å². The van der Waals surface area contributed by atoms with Crippen molar-refractivity contribution in [1.29, 1.82) is 5.26 Å². The van der Waals surface area contributed by atoms with Crippen LogP contribution in [0.1, 0.15) is 44.2 Å². The van der Waals surface area contributed by atoms with Crippen molar-refractivity contribution in [2.24, 2.45) is 5.92 Å². The Morgan fingerprint density at radius 2 is 1.48 bits per heavy atom. The molecule has 0 bridgehead atoms. The van der Waals surface area contributed by atoms with Crippen LogP contribution in [0.25, 0.3) is 0 Å². The van der Waals surface area contributed by atoms with E-state index in [0.717, 1.165) is 55.8 Å². The zero-order valence-electron chi connectivity index (χ0n) is 20.9. The van der Waals surface area contributed by atoms with Gasteiger partial charge >= 0.3 is 0 Å². The van der Waals surface area contributed by atoms with Crippen molar-refractivity contribution in [2.75, 3.05) is 41.5 Å². The van der Waals surface area contributed by atoms with Gasteiger partial charge in [0.15, 0.2) is 11.5 Å². The first-order valence-corrected chi connectivity index (χ1v) is 11.5. The van der Waals surface area contributed by atoms with E-state index >= 15 is 0 Å². The van der Waals surface area contributed by atoms with Crippen molar-refractivity contribution < 1.29 is 18.9 Å². The summed E-state index contributed by atoms with van der Waals surface area (Å²) in [5, 5.41) is 13.7. The van der Waals surface area contributed by atoms with E-state index in [4.69, 9.17) is 18.9 Å². The molecule has 1 N–H and O–H groups in total. The van der Waals surface area contributed by atoms with Gasteiger partial charge in [-0.25, -0.2) is 0 Å². The van der Waals surface area contributed by atoms with Crippen molar-refractivity contribution in [3.63, 3.8) is 0 Å². The first-order chi connectivity index (χ1) is 15.9. The number of benzene rings is 2. The van der Waals surface area contributed by atoms with E-state index in [0.29, 0.717) is 11.5 Å². The number of nitriles is 1. The number of ether oxygens (including phenoxy) is 4. The van der Waals surface area contributed by atoms with Gasteiger partial charge in [-0.05, 0) is 80.1 Å². The molecular weight excluding hydrogens is 416 g/mol. The minimum atomic E-state index is -0.594. The second-order valence-electron chi connectivity index (χ2n) is 8.49. The number of hydrogen-bond acceptors (Lipinski definition) is 6. The van der Waals surface area contributed by atoms with Gasteiger partial charge in [0, 0.05) is 6.07 Å². The van der Waals surface area contributed by atoms with Crippen LogP contribution >= 0.6 is 0 Å². The van der Waals surface area contributed by atoms with E-state index < -0.39 is 5.41 Å². The van der Waals surface area contributed by atoms with Crippen molar-refractivity contribution in [2.45, 2.75) is 44.9 Å². The van der Waals surface area contributed by atoms with Gasteiger partial charge in [-0.1, -0.05) is 19.9 Å². The third-order valence-corrected chi connectivity index (χ3v) is 6.24. The van der Waals surface area contributed by atoms with Crippen LogP contribution in [0, 0.1) is 17.2 Å². The van der Waals surface area contributed by atoms with Gasteiger partial charge in [0.1, 0.15) is 11.5 Å². The molecule has 0 aliphatic rings. The molecule has 2 rings (SSSR count). The van der Waals surface area contributed by atoms with Crippen molar-refractivity contribution in [1.82, 2.24) is 5.32 Å². The Morgan fingerprint density at radius 1 is 0.848 bits per heavy atom. The van der Waals surface area contributed by atoms with Crippen LogP contribution in [0.2, 0.25) is 0 Å². The molecule has 0 amide bonds. The van der Waals surface area contributed by atoms with Crippen LogP contribution in [-0.2, 0) is 11.8 Å². The van der Waals surface area contributed by atoms with Crippen molar-refractivity contribution in [3.8, 4) is 29.1 Å². The lowest BCUT2D eigenvalue weighted by Gasteiger charge is -2.32. The molecule has 2 aromatic rings. The zero-order chi connectivity index (χ0) is 24.3. The van der Waals surface area contributed by atoms with E-state index in [1.54, 1.807) is 28.4 Å². The quantitative estimate of drug-likeness (QED) is 0.399. The maximum atomic E-state index is 10.2. The highest BCUT2D eigenvalue weighted by Crippen LogP contribution is 2.39. The van der Waals surface area contributed by atoms with Crippen LogP contribution in [0.4, 0.5) is 0 Å². The summed E-state index contributed by atoms with van der Waals surface area (Å²) >= 11 is 0. The molecule has 6 nitrogen and oxygen atoms in total. The number of aryl methyl sites for hydroxylation is 1. The average molecular weight is 455 g/mol. The van der Waals surface area contributed by atoms with Gasteiger partial charge < -0.3 is 24.3 Å². The Kier molecular flexibility index (Phi) is 10.3. The lowest BCUT2D eigenvalue weighted by atomic mass is 9.69. The highest BCUT2D eigenvalue weighted by molar-refractivity contribution is 5.45. The lowest BCUT2D eigenvalue weighted by molar-refractivity contribution is 0.348. The molecule has 6 heteroatoms. The lowest BCUT2D eigenvalue weighted by Crippen LogP contribution is -2.32. The molecule has 0 heterocycles. The van der Waals surface area contributed by atoms with Crippen LogP contribution in [-0.4, -0.2) is 41.5 Å². The monoisotopic (exact) mass is 454 g/mol. The fourth-order valence-electron chi connectivity index (χ4n) is 4.15. The summed E-state index contributed by atoms with van der Waals surface area (Å²) in [4.78, 5) is 0. The van der Waals surface area contributed by atoms with Gasteiger partial charge in [0.2, 0.25) is 0 Å². The Morgan fingerprint density at radius 3 is 2.03 bits per heavy atom. The zero-order valence-corrected chi connectivity index (χ0v) is 20.9. The first-order valence-electron chi connectivity index (χ1n) is 11.5. The Bertz CT molecular complexity index is 901. The van der Waals surface area contributed by atoms with Crippen molar-refractivity contribution in [3.05, 3.63) is 47.5 Å². The topological polar surface area (TPSA) is 72.7 Å². The largest absolute Gasteiger partial charge is 0.497 e. The Balaban J connectivity index is 1.90. The van der Waals surface area contributed by atoms with Gasteiger partial charge in [-0.2, -0.15) is 5.26 Å². The summed E-state index contributed by atoms with van der Waals surface area (Å²) in [6, 6.07) is 14.4. The first kappa shape index (κ1) is 26.3. The summed E-state index contributed by atoms with van der Waals surface area (Å²) in [5.41, 5.74) is 1.58. The summed E-state index contributed by atoms with van der Waals surface area (Å²) in [7, 11) is 6.57. The smallest absolute Gasteiger partial charge is 0.160 e. The summed E-state index contributed by atoms with van der Waals surface area (Å²) in [6.07, 6.45) is 3.66. The average Bonchev–Trinajstić information content (AvgIpc) is 2.85. The third-order valence-electron chi connectivity index (χ3n) is 6.24. The molecular formula is C27H38N2O4. The number of hydrogen-bond donors (Lipinski definition) is 1. The summed E-state index contributed by atoms with van der Waals surface area (Å²) in [5.74, 6) is 3.08. The molecule has 0 saturated heterocycles. The van der Waals surface area contributed by atoms with Crippen LogP contribution in [0.5, 0.6) is 23.0 Å². The Hall–Kier alpha value is -2.91. The van der Waals surface area contributed by atoms with E-state index in [9.17, 15) is 5.26 Å². The molecule has 0 aromatic heterocycles. The van der Waals surface area contributed by atoms with Crippen LogP contribution in [0.3, 0.4) is 0 Å². The van der Waals surface area contributed by atoms with E-state index in [2.05, 4.69) is 31.3 Å². The van der Waals surface area contributed by atoms with Crippen LogP contribution in [0.15, 0.2) is 36.4 Å². The number of methoxy groups -OCH3 is 4. The van der Waals surface area contributed by atoms with E-state index in [1.165, 1.54) is 5.56 Å². The summed E-state index contributed by atoms with van der Waals surface area (Å²) in [6.45, 7) is 5.99. The second kappa shape index (κ2) is 13.0. The van der Waals surface area contributed by atoms with E-state index in [-0.39, 0.29) is 5.92 Å². The summed E-state index contributed by atoms with van der Waals surface area (Å²) < 4.78 is 21.5. The molecule has 0 unspecified atom stereocenters. The predicted molar refractivity (Wildman–Crippen MR) is 132 cm³/mol. The SMILES string of the molecule is COc1cc(OC)cc([C@](C#N)(CCCNCCCc2ccc(OC)c(OC)c2)C(C)C)c1. The molecule has 0 spiro atoms. The predicted octanol–water partition coefficient (Wildman–Crippen LogP) is 5.14. The van der Waals surface area contributed by atoms with Gasteiger partial charge in [-0.15, -0.1) is 0 Å². The molecule has 2 aromatic carbocycles. The highest BCUT2D eigenvalue weighted by Gasteiger charge is 2.36. The minimum absolute atomic E-state index is 0.157. The molecule has 0 aliphatic heterocycles. The minimum Gasteiger partial charge on any atom is -0.497 e. The van der Waals surface area contributed by atoms with Gasteiger partial charge in [-0.3, -0.25) is 0 Å². The maximum Gasteiger partial charge on any atom is 0.160 e. The van der Waals surface area contributed by atoms with Crippen LogP contribution < -0.4 is 24.3 Å². The van der Waals surface area contributed by atoms with Gasteiger partial charge in [0.25, 0.3) is 0 Å².